The molecule has 11 heavy (non-hydrogen) atoms. The van der Waals surface area contributed by atoms with E-state index in [9.17, 15) is 13.2 Å². The van der Waals surface area contributed by atoms with Crippen molar-refractivity contribution < 1.29 is 17.4 Å². The lowest BCUT2D eigenvalue weighted by molar-refractivity contribution is -0.134. The summed E-state index contributed by atoms with van der Waals surface area (Å²) in [7, 11) is -3.62. The summed E-state index contributed by atoms with van der Waals surface area (Å²) in [6.45, 7) is 3.62. The van der Waals surface area contributed by atoms with E-state index in [4.69, 9.17) is 0 Å². The van der Waals surface area contributed by atoms with Crippen molar-refractivity contribution >= 4 is 16.1 Å². The monoisotopic (exact) mass is 180 g/mol. The van der Waals surface area contributed by atoms with Gasteiger partial charge in [0, 0.05) is 6.42 Å². The Balaban J connectivity index is 3.91. The predicted octanol–water partition coefficient (Wildman–Crippen LogP) is 0.535. The lowest BCUT2D eigenvalue weighted by Gasteiger charge is -2.02. The van der Waals surface area contributed by atoms with Crippen LogP contribution in [0.5, 0.6) is 0 Å². The largest absolute Gasteiger partial charge is 0.346 e. The van der Waals surface area contributed by atoms with Crippen molar-refractivity contribution in [2.75, 3.05) is 6.26 Å². The van der Waals surface area contributed by atoms with Crippen LogP contribution in [0.15, 0.2) is 0 Å². The van der Waals surface area contributed by atoms with Crippen molar-refractivity contribution in [2.24, 2.45) is 5.92 Å². The van der Waals surface area contributed by atoms with E-state index in [2.05, 4.69) is 4.18 Å². The average Bonchev–Trinajstić information content (AvgIpc) is 1.53. The molecule has 0 aromatic carbocycles. The molecule has 66 valence electrons. The van der Waals surface area contributed by atoms with Crippen LogP contribution >= 0.6 is 0 Å². The summed E-state index contributed by atoms with van der Waals surface area (Å²) in [4.78, 5) is 10.7. The summed E-state index contributed by atoms with van der Waals surface area (Å²) in [5.41, 5.74) is 0. The molecule has 0 amide bonds. The predicted molar refractivity (Wildman–Crippen MR) is 40.4 cm³/mol. The van der Waals surface area contributed by atoms with Crippen LogP contribution in [0.4, 0.5) is 0 Å². The third-order valence-corrected chi connectivity index (χ3v) is 1.31. The van der Waals surface area contributed by atoms with Gasteiger partial charge in [-0.15, -0.1) is 0 Å². The minimum Gasteiger partial charge on any atom is -0.346 e. The molecule has 0 heterocycles. The molecule has 0 N–H and O–H groups in total. The lowest BCUT2D eigenvalue weighted by Crippen LogP contribution is -2.12. The van der Waals surface area contributed by atoms with Gasteiger partial charge in [-0.2, -0.15) is 8.42 Å². The van der Waals surface area contributed by atoms with Crippen LogP contribution in [0, 0.1) is 5.92 Å². The van der Waals surface area contributed by atoms with Gasteiger partial charge in [0.05, 0.1) is 6.26 Å². The highest BCUT2D eigenvalue weighted by Crippen LogP contribution is 2.02. The van der Waals surface area contributed by atoms with Crippen molar-refractivity contribution in [3.63, 3.8) is 0 Å². The van der Waals surface area contributed by atoms with Gasteiger partial charge in [-0.25, -0.2) is 0 Å². The molecule has 0 saturated carbocycles. The van der Waals surface area contributed by atoms with Gasteiger partial charge >= 0.3 is 16.1 Å². The molecule has 0 aliphatic rings. The maximum atomic E-state index is 10.7. The summed E-state index contributed by atoms with van der Waals surface area (Å²) >= 11 is 0. The Hall–Kier alpha value is -0.580. The second-order valence-corrected chi connectivity index (χ2v) is 4.33. The van der Waals surface area contributed by atoms with E-state index in [0.29, 0.717) is 0 Å². The number of hydrogen-bond donors (Lipinski definition) is 0. The maximum Gasteiger partial charge on any atom is 0.322 e. The SMILES string of the molecule is CC(C)CC(=O)OS(C)(=O)=O. The quantitative estimate of drug-likeness (QED) is 0.594. The molecule has 0 aliphatic heterocycles. The molecule has 0 aliphatic carbocycles. The molecule has 0 bridgehead atoms. The summed E-state index contributed by atoms with van der Waals surface area (Å²) in [6, 6.07) is 0. The Morgan fingerprint density at radius 1 is 1.45 bits per heavy atom. The zero-order chi connectivity index (χ0) is 9.07. The topological polar surface area (TPSA) is 60.4 Å². The van der Waals surface area contributed by atoms with Gasteiger partial charge in [-0.3, -0.25) is 4.79 Å². The lowest BCUT2D eigenvalue weighted by atomic mass is 10.1. The number of carbonyl (C=O) groups excluding carboxylic acids is 1. The van der Waals surface area contributed by atoms with Crippen molar-refractivity contribution in [2.45, 2.75) is 20.3 Å². The highest BCUT2D eigenvalue weighted by molar-refractivity contribution is 7.86. The van der Waals surface area contributed by atoms with Gasteiger partial charge in [0.25, 0.3) is 0 Å². The minimum atomic E-state index is -3.62. The smallest absolute Gasteiger partial charge is 0.322 e. The molecular formula is C6H12O4S. The van der Waals surface area contributed by atoms with Crippen molar-refractivity contribution in [3.05, 3.63) is 0 Å². The first-order valence-electron chi connectivity index (χ1n) is 3.23. The highest BCUT2D eigenvalue weighted by Gasteiger charge is 2.11. The Bertz CT molecular complexity index is 227. The van der Waals surface area contributed by atoms with Crippen LogP contribution in [0.3, 0.4) is 0 Å². The second-order valence-electron chi connectivity index (χ2n) is 2.76. The van der Waals surface area contributed by atoms with E-state index in [0.717, 1.165) is 6.26 Å². The number of rotatable bonds is 3. The minimum absolute atomic E-state index is 0.115. The first-order chi connectivity index (χ1) is 4.81. The number of hydrogen-bond acceptors (Lipinski definition) is 4. The first kappa shape index (κ1) is 10.4. The van der Waals surface area contributed by atoms with Crippen LogP contribution in [-0.4, -0.2) is 20.6 Å². The summed E-state index contributed by atoms with van der Waals surface area (Å²) in [5, 5.41) is 0. The van der Waals surface area contributed by atoms with Crippen molar-refractivity contribution in [3.8, 4) is 0 Å². The molecule has 4 nitrogen and oxygen atoms in total. The maximum absolute atomic E-state index is 10.7. The zero-order valence-electron chi connectivity index (χ0n) is 6.83. The molecule has 0 saturated heterocycles. The van der Waals surface area contributed by atoms with Crippen LogP contribution in [0.2, 0.25) is 0 Å². The molecule has 0 fully saturated rings. The second kappa shape index (κ2) is 3.71. The van der Waals surface area contributed by atoms with E-state index in [1.54, 1.807) is 0 Å². The van der Waals surface area contributed by atoms with E-state index < -0.39 is 16.1 Å². The fourth-order valence-electron chi connectivity index (χ4n) is 0.536. The average molecular weight is 180 g/mol. The fraction of sp³-hybridized carbons (Fsp3) is 0.833. The Morgan fingerprint density at radius 3 is 2.18 bits per heavy atom. The molecule has 0 aromatic heterocycles. The van der Waals surface area contributed by atoms with Crippen LogP contribution in [0.1, 0.15) is 20.3 Å². The third kappa shape index (κ3) is 7.32. The van der Waals surface area contributed by atoms with Gasteiger partial charge in [-0.05, 0) is 5.92 Å². The van der Waals surface area contributed by atoms with Crippen LogP contribution < -0.4 is 0 Å². The van der Waals surface area contributed by atoms with Gasteiger partial charge in [0.15, 0.2) is 0 Å². The zero-order valence-corrected chi connectivity index (χ0v) is 7.64. The highest BCUT2D eigenvalue weighted by atomic mass is 32.2. The van der Waals surface area contributed by atoms with Gasteiger partial charge in [-0.1, -0.05) is 13.8 Å². The molecular weight excluding hydrogens is 168 g/mol. The normalized spacial score (nSPS) is 11.6. The van der Waals surface area contributed by atoms with Crippen molar-refractivity contribution in [1.82, 2.24) is 0 Å². The molecule has 0 spiro atoms. The van der Waals surface area contributed by atoms with Crippen LogP contribution in [-0.2, 0) is 19.1 Å². The van der Waals surface area contributed by atoms with E-state index in [-0.39, 0.29) is 12.3 Å². The summed E-state index contributed by atoms with van der Waals surface area (Å²) in [5.74, 6) is -0.577. The van der Waals surface area contributed by atoms with Gasteiger partial charge < -0.3 is 4.18 Å². The number of carbonyl (C=O) groups is 1. The van der Waals surface area contributed by atoms with E-state index in [1.807, 2.05) is 13.8 Å². The standard InChI is InChI=1S/C6H12O4S/c1-5(2)4-6(7)10-11(3,8)9/h5H,4H2,1-3H3. The van der Waals surface area contributed by atoms with E-state index in [1.165, 1.54) is 0 Å². The summed E-state index contributed by atoms with van der Waals surface area (Å²) < 4.78 is 24.8. The Morgan fingerprint density at radius 2 is 1.91 bits per heavy atom. The van der Waals surface area contributed by atoms with E-state index >= 15 is 0 Å². The Kier molecular flexibility index (Phi) is 3.51. The molecule has 0 unspecified atom stereocenters. The van der Waals surface area contributed by atoms with Crippen molar-refractivity contribution in [1.29, 1.82) is 0 Å². The molecule has 0 aromatic rings. The van der Waals surface area contributed by atoms with Crippen LogP contribution in [0.25, 0.3) is 0 Å². The first-order valence-corrected chi connectivity index (χ1v) is 5.05. The summed E-state index contributed by atoms with van der Waals surface area (Å²) in [6.07, 6.45) is 0.984. The molecule has 0 rings (SSSR count). The molecule has 0 atom stereocenters. The third-order valence-electron chi connectivity index (χ3n) is 0.819. The van der Waals surface area contributed by atoms with Gasteiger partial charge in [0.2, 0.25) is 0 Å². The van der Waals surface area contributed by atoms with Gasteiger partial charge in [0.1, 0.15) is 0 Å². The fourth-order valence-corrected chi connectivity index (χ4v) is 0.942. The Labute approximate surface area is 66.7 Å². The molecule has 5 heteroatoms. The molecule has 0 radical (unpaired) electrons.